The third-order valence-corrected chi connectivity index (χ3v) is 4.72. The summed E-state index contributed by atoms with van der Waals surface area (Å²) in [5.74, 6) is 0.469. The summed E-state index contributed by atoms with van der Waals surface area (Å²) in [5, 5.41) is 3.51. The Morgan fingerprint density at radius 2 is 2.00 bits per heavy atom. The van der Waals surface area contributed by atoms with Gasteiger partial charge in [0.15, 0.2) is 5.11 Å². The monoisotopic (exact) mass is 398 g/mol. The molecule has 5 nitrogen and oxygen atoms in total. The van der Waals surface area contributed by atoms with Crippen LogP contribution in [0, 0.1) is 5.82 Å². The summed E-state index contributed by atoms with van der Waals surface area (Å²) in [4.78, 5) is 6.09. The second-order valence-electron chi connectivity index (χ2n) is 6.30. The second kappa shape index (κ2) is 9.85. The van der Waals surface area contributed by atoms with Crippen LogP contribution in [0.15, 0.2) is 67.3 Å². The number of anilines is 1. The fourth-order valence-electron chi connectivity index (χ4n) is 2.91. The smallest absolute Gasteiger partial charge is 0.173 e. The van der Waals surface area contributed by atoms with E-state index in [1.165, 1.54) is 6.07 Å². The number of imidazole rings is 1. The van der Waals surface area contributed by atoms with Crippen LogP contribution in [0.3, 0.4) is 0 Å². The average molecular weight is 399 g/mol. The maximum absolute atomic E-state index is 14.0. The van der Waals surface area contributed by atoms with Crippen molar-refractivity contribution in [3.8, 4) is 5.75 Å². The molecule has 0 aliphatic heterocycles. The maximum Gasteiger partial charge on any atom is 0.173 e. The lowest BCUT2D eigenvalue weighted by molar-refractivity contribution is 0.371. The maximum atomic E-state index is 14.0. The first-order valence-corrected chi connectivity index (χ1v) is 9.46. The molecule has 3 aromatic rings. The van der Waals surface area contributed by atoms with Gasteiger partial charge in [0.1, 0.15) is 11.6 Å². The van der Waals surface area contributed by atoms with Gasteiger partial charge in [-0.05, 0) is 36.8 Å². The van der Waals surface area contributed by atoms with E-state index < -0.39 is 0 Å². The van der Waals surface area contributed by atoms with E-state index >= 15 is 0 Å². The molecule has 0 atom stereocenters. The number of para-hydroxylation sites is 2. The highest BCUT2D eigenvalue weighted by Crippen LogP contribution is 2.21. The lowest BCUT2D eigenvalue weighted by Gasteiger charge is -2.27. The van der Waals surface area contributed by atoms with Crippen LogP contribution in [0.1, 0.15) is 12.0 Å². The molecule has 0 aliphatic rings. The summed E-state index contributed by atoms with van der Waals surface area (Å²) in [6.07, 6.45) is 6.35. The molecule has 0 bridgehead atoms. The van der Waals surface area contributed by atoms with E-state index in [9.17, 15) is 4.39 Å². The number of nitrogens with one attached hydrogen (secondary N) is 1. The quantitative estimate of drug-likeness (QED) is 0.573. The van der Waals surface area contributed by atoms with Gasteiger partial charge in [-0.1, -0.05) is 30.3 Å². The van der Waals surface area contributed by atoms with Crippen LogP contribution in [0.25, 0.3) is 0 Å². The van der Waals surface area contributed by atoms with Crippen molar-refractivity contribution in [1.29, 1.82) is 0 Å². The first-order chi connectivity index (χ1) is 13.7. The Hall–Kier alpha value is -2.93. The summed E-state index contributed by atoms with van der Waals surface area (Å²) in [6, 6.07) is 14.3. The van der Waals surface area contributed by atoms with Crippen LogP contribution in [0.2, 0.25) is 0 Å². The average Bonchev–Trinajstić information content (AvgIpc) is 3.23. The lowest BCUT2D eigenvalue weighted by atomic mass is 10.2. The van der Waals surface area contributed by atoms with Crippen molar-refractivity contribution in [2.45, 2.75) is 19.5 Å². The minimum atomic E-state index is -0.333. The Balaban J connectivity index is 1.72. The summed E-state index contributed by atoms with van der Waals surface area (Å²) < 4.78 is 21.5. The normalized spacial score (nSPS) is 10.5. The molecule has 0 saturated heterocycles. The van der Waals surface area contributed by atoms with Crippen LogP contribution in [-0.4, -0.2) is 33.2 Å². The Labute approximate surface area is 169 Å². The van der Waals surface area contributed by atoms with E-state index in [1.807, 2.05) is 39.9 Å². The minimum Gasteiger partial charge on any atom is -0.496 e. The number of aryl methyl sites for hydroxylation is 1. The first-order valence-electron chi connectivity index (χ1n) is 9.05. The molecule has 0 fully saturated rings. The van der Waals surface area contributed by atoms with Crippen molar-refractivity contribution < 1.29 is 9.13 Å². The zero-order valence-corrected chi connectivity index (χ0v) is 16.5. The first kappa shape index (κ1) is 19.8. The molecule has 0 unspecified atom stereocenters. The molecule has 1 heterocycles. The predicted octanol–water partition coefficient (Wildman–Crippen LogP) is 4.32. The number of halogens is 1. The van der Waals surface area contributed by atoms with Crippen molar-refractivity contribution in [3.63, 3.8) is 0 Å². The second-order valence-corrected chi connectivity index (χ2v) is 6.68. The largest absolute Gasteiger partial charge is 0.496 e. The van der Waals surface area contributed by atoms with Crippen LogP contribution in [-0.2, 0) is 13.1 Å². The zero-order chi connectivity index (χ0) is 19.8. The van der Waals surface area contributed by atoms with E-state index in [2.05, 4.69) is 10.3 Å². The van der Waals surface area contributed by atoms with E-state index in [0.717, 1.165) is 24.3 Å². The van der Waals surface area contributed by atoms with E-state index in [-0.39, 0.29) is 5.82 Å². The van der Waals surface area contributed by atoms with Crippen LogP contribution in [0.4, 0.5) is 10.1 Å². The number of aromatic nitrogens is 2. The van der Waals surface area contributed by atoms with Gasteiger partial charge in [0.05, 0.1) is 19.1 Å². The third-order valence-electron chi connectivity index (χ3n) is 4.36. The van der Waals surface area contributed by atoms with Crippen molar-refractivity contribution in [3.05, 3.63) is 78.6 Å². The topological polar surface area (TPSA) is 42.3 Å². The minimum absolute atomic E-state index is 0.333. The van der Waals surface area contributed by atoms with Crippen molar-refractivity contribution in [1.82, 2.24) is 14.5 Å². The molecule has 0 spiro atoms. The van der Waals surface area contributed by atoms with Crippen LogP contribution in [0.5, 0.6) is 5.75 Å². The molecule has 2 aromatic carbocycles. The number of benzene rings is 2. The van der Waals surface area contributed by atoms with Gasteiger partial charge in [-0.15, -0.1) is 0 Å². The number of rotatable bonds is 8. The van der Waals surface area contributed by atoms with Gasteiger partial charge in [0.2, 0.25) is 0 Å². The Morgan fingerprint density at radius 3 is 2.75 bits per heavy atom. The fraction of sp³-hybridized carbons (Fsp3) is 0.238. The van der Waals surface area contributed by atoms with Crippen molar-refractivity contribution in [2.24, 2.45) is 0 Å². The number of nitrogens with zero attached hydrogens (tertiary/aromatic N) is 3. The number of thiocarbonyl (C=S) groups is 1. The highest BCUT2D eigenvalue weighted by atomic mass is 32.1. The number of ether oxygens (including phenoxy) is 1. The zero-order valence-electron chi connectivity index (χ0n) is 15.7. The van der Waals surface area contributed by atoms with Gasteiger partial charge >= 0.3 is 0 Å². The summed E-state index contributed by atoms with van der Waals surface area (Å²) >= 11 is 5.60. The summed E-state index contributed by atoms with van der Waals surface area (Å²) in [6.45, 7) is 2.09. The SMILES string of the molecule is COc1ccccc1CN(CCCn1ccnc1)C(=S)Nc1ccccc1F. The molecule has 0 amide bonds. The molecule has 0 radical (unpaired) electrons. The summed E-state index contributed by atoms with van der Waals surface area (Å²) in [7, 11) is 1.65. The number of hydrogen-bond acceptors (Lipinski definition) is 3. The predicted molar refractivity (Wildman–Crippen MR) is 113 cm³/mol. The molecule has 146 valence electrons. The van der Waals surface area contributed by atoms with E-state index in [4.69, 9.17) is 17.0 Å². The van der Waals surface area contributed by atoms with Crippen molar-refractivity contribution in [2.75, 3.05) is 19.0 Å². The number of hydrogen-bond donors (Lipinski definition) is 1. The van der Waals surface area contributed by atoms with E-state index in [0.29, 0.717) is 23.9 Å². The molecule has 28 heavy (non-hydrogen) atoms. The van der Waals surface area contributed by atoms with Gasteiger partial charge in [-0.25, -0.2) is 9.37 Å². The highest BCUT2D eigenvalue weighted by Gasteiger charge is 2.14. The van der Waals surface area contributed by atoms with Gasteiger partial charge < -0.3 is 19.5 Å². The Morgan fingerprint density at radius 1 is 1.21 bits per heavy atom. The van der Waals surface area contributed by atoms with Gasteiger partial charge in [0, 0.05) is 37.6 Å². The molecular weight excluding hydrogens is 375 g/mol. The van der Waals surface area contributed by atoms with Gasteiger partial charge in [-0.2, -0.15) is 0 Å². The molecule has 1 N–H and O–H groups in total. The molecule has 3 rings (SSSR count). The third kappa shape index (κ3) is 5.29. The molecule has 7 heteroatoms. The Bertz CT molecular complexity index is 901. The highest BCUT2D eigenvalue weighted by molar-refractivity contribution is 7.80. The van der Waals surface area contributed by atoms with Gasteiger partial charge in [-0.3, -0.25) is 0 Å². The van der Waals surface area contributed by atoms with Gasteiger partial charge in [0.25, 0.3) is 0 Å². The van der Waals surface area contributed by atoms with Crippen LogP contribution >= 0.6 is 12.2 Å². The molecule has 0 aliphatic carbocycles. The van der Waals surface area contributed by atoms with Crippen molar-refractivity contribution >= 4 is 23.0 Å². The fourth-order valence-corrected chi connectivity index (χ4v) is 3.18. The standard InChI is InChI=1S/C21H23FN4OS/c1-27-20-10-5-2-7-17(20)15-26(13-6-12-25-14-11-23-16-25)21(28)24-19-9-4-3-8-18(19)22/h2-5,7-11,14,16H,6,12-13,15H2,1H3,(H,24,28). The molecular formula is C21H23FN4OS. The molecule has 0 saturated carbocycles. The lowest BCUT2D eigenvalue weighted by Crippen LogP contribution is -2.35. The van der Waals surface area contributed by atoms with Crippen LogP contribution < -0.4 is 10.1 Å². The van der Waals surface area contributed by atoms with E-state index in [1.54, 1.807) is 37.8 Å². The Kier molecular flexibility index (Phi) is 6.97. The summed E-state index contributed by atoms with van der Waals surface area (Å²) in [5.41, 5.74) is 1.39. The number of methoxy groups -OCH3 is 1. The molecule has 1 aromatic heterocycles.